The van der Waals surface area contributed by atoms with Crippen molar-refractivity contribution in [2.24, 2.45) is 0 Å². The maximum atomic E-state index is 13.5. The minimum absolute atomic E-state index is 0.149. The minimum Gasteiger partial charge on any atom is -0.451 e. The minimum atomic E-state index is -3.36. The van der Waals surface area contributed by atoms with Gasteiger partial charge in [0.25, 0.3) is 0 Å². The third-order valence-electron chi connectivity index (χ3n) is 3.99. The van der Waals surface area contributed by atoms with Crippen LogP contribution in [0.2, 0.25) is 0 Å². The van der Waals surface area contributed by atoms with Gasteiger partial charge < -0.3 is 4.74 Å². The van der Waals surface area contributed by atoms with Gasteiger partial charge >= 0.3 is 5.97 Å². The van der Waals surface area contributed by atoms with E-state index in [9.17, 15) is 22.0 Å². The van der Waals surface area contributed by atoms with Crippen molar-refractivity contribution in [3.05, 3.63) is 64.6 Å². The summed E-state index contributed by atoms with van der Waals surface area (Å²) < 4.78 is 55.7. The van der Waals surface area contributed by atoms with E-state index < -0.39 is 33.0 Å². The zero-order chi connectivity index (χ0) is 20.0. The van der Waals surface area contributed by atoms with Crippen LogP contribution in [0.4, 0.5) is 8.78 Å². The molecule has 2 aromatic rings. The Morgan fingerprint density at radius 2 is 1.56 bits per heavy atom. The number of thioether (sulfide) groups is 1. The van der Waals surface area contributed by atoms with E-state index in [0.29, 0.717) is 11.1 Å². The lowest BCUT2D eigenvalue weighted by Crippen LogP contribution is -2.22. The molecule has 0 saturated heterocycles. The Bertz CT molecular complexity index is 1040. The molecule has 0 bridgehead atoms. The number of hydrogen-bond donors (Lipinski definition) is 0. The highest BCUT2D eigenvalue weighted by Gasteiger charge is 2.41. The Labute approximate surface area is 160 Å². The molecule has 0 N–H and O–H groups in total. The van der Waals surface area contributed by atoms with Crippen LogP contribution in [0.5, 0.6) is 0 Å². The van der Waals surface area contributed by atoms with Crippen LogP contribution in [0, 0.1) is 11.6 Å². The molecule has 8 heteroatoms. The van der Waals surface area contributed by atoms with Crippen LogP contribution in [-0.4, -0.2) is 26.2 Å². The van der Waals surface area contributed by atoms with Crippen molar-refractivity contribution in [2.75, 3.05) is 6.26 Å². The van der Waals surface area contributed by atoms with E-state index in [1.54, 1.807) is 26.0 Å². The lowest BCUT2D eigenvalue weighted by Gasteiger charge is -2.21. The summed E-state index contributed by atoms with van der Waals surface area (Å²) >= 11 is 0.909. The molecule has 0 amide bonds. The molecule has 1 aliphatic rings. The molecule has 0 atom stereocenters. The summed E-state index contributed by atoms with van der Waals surface area (Å²) in [7, 11) is -3.36. The number of halogens is 2. The third kappa shape index (κ3) is 4.06. The molecular formula is C19H16F2O4S2. The number of sulfone groups is 1. The standard InChI is InChI=1S/C19H16F2O4S2/c1-19(2)16(11-4-6-15(7-5-11)27(3,23)24)17(18(22)25-19)26-14-9-12(20)8-13(21)10-14/h4-10H,1-3H3. The second-order valence-corrected chi connectivity index (χ2v) is 9.71. The van der Waals surface area contributed by atoms with Gasteiger partial charge in [-0.05, 0) is 43.7 Å². The van der Waals surface area contributed by atoms with E-state index in [-0.39, 0.29) is 14.7 Å². The molecule has 27 heavy (non-hydrogen) atoms. The first-order valence-electron chi connectivity index (χ1n) is 7.90. The summed E-state index contributed by atoms with van der Waals surface area (Å²) in [6.07, 6.45) is 1.10. The number of hydrogen-bond acceptors (Lipinski definition) is 5. The molecule has 0 spiro atoms. The van der Waals surface area contributed by atoms with Crippen molar-refractivity contribution in [1.29, 1.82) is 0 Å². The van der Waals surface area contributed by atoms with Crippen molar-refractivity contribution < 1.29 is 26.7 Å². The van der Waals surface area contributed by atoms with Gasteiger partial charge in [0.15, 0.2) is 9.84 Å². The summed E-state index contributed by atoms with van der Waals surface area (Å²) in [5, 5.41) is 0. The highest BCUT2D eigenvalue weighted by Crippen LogP contribution is 2.46. The van der Waals surface area contributed by atoms with E-state index in [4.69, 9.17) is 4.74 Å². The molecule has 1 aliphatic heterocycles. The topological polar surface area (TPSA) is 60.4 Å². The molecule has 0 saturated carbocycles. The summed E-state index contributed by atoms with van der Waals surface area (Å²) in [4.78, 5) is 13.0. The number of carbonyl (C=O) groups is 1. The highest BCUT2D eigenvalue weighted by molar-refractivity contribution is 8.04. The van der Waals surface area contributed by atoms with Gasteiger partial charge in [-0.15, -0.1) is 0 Å². The zero-order valence-electron chi connectivity index (χ0n) is 14.7. The number of cyclic esters (lactones) is 1. The predicted molar refractivity (Wildman–Crippen MR) is 98.9 cm³/mol. The van der Waals surface area contributed by atoms with Gasteiger partial charge in [0, 0.05) is 22.8 Å². The third-order valence-corrected chi connectivity index (χ3v) is 6.16. The van der Waals surface area contributed by atoms with Crippen LogP contribution in [0.15, 0.2) is 57.2 Å². The van der Waals surface area contributed by atoms with Crippen molar-refractivity contribution in [1.82, 2.24) is 0 Å². The Kier molecular flexibility index (Phi) is 4.90. The number of benzene rings is 2. The van der Waals surface area contributed by atoms with Gasteiger partial charge in [0.2, 0.25) is 0 Å². The van der Waals surface area contributed by atoms with Crippen molar-refractivity contribution in [3.63, 3.8) is 0 Å². The number of rotatable bonds is 4. The summed E-state index contributed by atoms with van der Waals surface area (Å²) in [6.45, 7) is 3.40. The Morgan fingerprint density at radius 1 is 1.00 bits per heavy atom. The van der Waals surface area contributed by atoms with Crippen LogP contribution in [0.25, 0.3) is 5.57 Å². The van der Waals surface area contributed by atoms with Crippen LogP contribution in [-0.2, 0) is 19.4 Å². The number of esters is 1. The first-order chi connectivity index (χ1) is 12.5. The maximum absolute atomic E-state index is 13.5. The molecule has 0 radical (unpaired) electrons. The number of carbonyl (C=O) groups excluding carboxylic acids is 1. The molecule has 142 valence electrons. The molecular weight excluding hydrogens is 394 g/mol. The fourth-order valence-electron chi connectivity index (χ4n) is 2.85. The molecule has 0 fully saturated rings. The van der Waals surface area contributed by atoms with Gasteiger partial charge in [-0.1, -0.05) is 23.9 Å². The van der Waals surface area contributed by atoms with E-state index >= 15 is 0 Å². The molecule has 1 heterocycles. The summed E-state index contributed by atoms with van der Waals surface area (Å²) in [5.74, 6) is -2.09. The normalized spacial score (nSPS) is 16.6. The monoisotopic (exact) mass is 410 g/mol. The smallest absolute Gasteiger partial charge is 0.346 e. The highest BCUT2D eigenvalue weighted by atomic mass is 32.2. The quantitative estimate of drug-likeness (QED) is 0.707. The second-order valence-electron chi connectivity index (χ2n) is 6.61. The molecule has 3 rings (SSSR count). The van der Waals surface area contributed by atoms with E-state index in [1.165, 1.54) is 12.1 Å². The van der Waals surface area contributed by atoms with E-state index in [1.807, 2.05) is 0 Å². The van der Waals surface area contributed by atoms with Gasteiger partial charge in [-0.3, -0.25) is 0 Å². The van der Waals surface area contributed by atoms with E-state index in [0.717, 1.165) is 36.2 Å². The Hall–Kier alpha value is -2.19. The molecule has 4 nitrogen and oxygen atoms in total. The fraction of sp³-hybridized carbons (Fsp3) is 0.211. The zero-order valence-corrected chi connectivity index (χ0v) is 16.4. The van der Waals surface area contributed by atoms with Crippen molar-refractivity contribution in [2.45, 2.75) is 29.2 Å². The SMILES string of the molecule is CC1(C)OC(=O)C(Sc2cc(F)cc(F)c2)=C1c1ccc(S(C)(=O)=O)cc1. The Balaban J connectivity index is 2.10. The maximum Gasteiger partial charge on any atom is 0.346 e. The van der Waals surface area contributed by atoms with Gasteiger partial charge in [0.1, 0.15) is 22.1 Å². The van der Waals surface area contributed by atoms with Gasteiger partial charge in [0.05, 0.1) is 4.90 Å². The molecule has 0 aromatic heterocycles. The summed E-state index contributed by atoms with van der Waals surface area (Å²) in [5.41, 5.74) is 0.151. The average molecular weight is 410 g/mol. The Morgan fingerprint density at radius 3 is 2.07 bits per heavy atom. The lowest BCUT2D eigenvalue weighted by atomic mass is 9.92. The van der Waals surface area contributed by atoms with Crippen LogP contribution < -0.4 is 0 Å². The van der Waals surface area contributed by atoms with Gasteiger partial charge in [-0.25, -0.2) is 22.0 Å². The lowest BCUT2D eigenvalue weighted by molar-refractivity contribution is -0.143. The first kappa shape index (κ1) is 19.6. The van der Waals surface area contributed by atoms with Crippen LogP contribution in [0.3, 0.4) is 0 Å². The number of ether oxygens (including phenoxy) is 1. The average Bonchev–Trinajstić information content (AvgIpc) is 2.74. The van der Waals surface area contributed by atoms with Crippen molar-refractivity contribution >= 4 is 33.1 Å². The van der Waals surface area contributed by atoms with Crippen molar-refractivity contribution in [3.8, 4) is 0 Å². The van der Waals surface area contributed by atoms with Crippen LogP contribution in [0.1, 0.15) is 19.4 Å². The van der Waals surface area contributed by atoms with Gasteiger partial charge in [-0.2, -0.15) is 0 Å². The van der Waals surface area contributed by atoms with E-state index in [2.05, 4.69) is 0 Å². The largest absolute Gasteiger partial charge is 0.451 e. The van der Waals surface area contributed by atoms with Crippen LogP contribution >= 0.6 is 11.8 Å². The first-order valence-corrected chi connectivity index (χ1v) is 10.6. The second kappa shape index (κ2) is 6.76. The molecule has 2 aromatic carbocycles. The summed E-state index contributed by atoms with van der Waals surface area (Å²) in [6, 6.07) is 9.07. The molecule has 0 aliphatic carbocycles. The predicted octanol–water partition coefficient (Wildman–Crippen LogP) is 4.21. The molecule has 0 unspecified atom stereocenters. The fourth-order valence-corrected chi connectivity index (χ4v) is 4.65.